The van der Waals surface area contributed by atoms with Gasteiger partial charge in [-0.05, 0) is 37.0 Å². The summed E-state index contributed by atoms with van der Waals surface area (Å²) < 4.78 is 11.2. The lowest BCUT2D eigenvalue weighted by molar-refractivity contribution is -0.155. The molecule has 1 fully saturated rings. The van der Waals surface area contributed by atoms with Crippen LogP contribution < -0.4 is 0 Å². The van der Waals surface area contributed by atoms with Gasteiger partial charge in [0.25, 0.3) is 0 Å². The number of rotatable bonds is 2. The second kappa shape index (κ2) is 6.02. The van der Waals surface area contributed by atoms with Crippen molar-refractivity contribution >= 4 is 17.7 Å². The van der Waals surface area contributed by atoms with Gasteiger partial charge in [-0.25, -0.2) is 4.79 Å². The van der Waals surface area contributed by atoms with Crippen LogP contribution in [0.2, 0.25) is 0 Å². The van der Waals surface area contributed by atoms with E-state index in [0.717, 1.165) is 19.3 Å². The van der Waals surface area contributed by atoms with Gasteiger partial charge in [-0.1, -0.05) is 27.7 Å². The number of ketones is 1. The first-order valence-electron chi connectivity index (χ1n) is 10.1. The first-order valence-corrected chi connectivity index (χ1v) is 10.1. The number of hydrogen-bond acceptors (Lipinski definition) is 6. The van der Waals surface area contributed by atoms with Crippen molar-refractivity contribution in [2.45, 2.75) is 72.5 Å². The first-order chi connectivity index (χ1) is 13.0. The molecule has 6 heteroatoms. The molecule has 4 rings (SSSR count). The molecule has 0 radical (unpaired) electrons. The smallest absolute Gasteiger partial charge is 0.342 e. The third-order valence-electron chi connectivity index (χ3n) is 7.39. The highest BCUT2D eigenvalue weighted by atomic mass is 16.6. The van der Waals surface area contributed by atoms with Crippen molar-refractivity contribution in [1.82, 2.24) is 0 Å². The lowest BCUT2D eigenvalue weighted by atomic mass is 9.65. The number of Topliss-reactive ketones (excluding diaryl/α,β-unsaturated/α-hetero) is 1. The van der Waals surface area contributed by atoms with Crippen molar-refractivity contribution in [1.29, 1.82) is 0 Å². The monoisotopic (exact) mass is 388 g/mol. The number of esters is 2. The maximum Gasteiger partial charge on any atom is 0.342 e. The van der Waals surface area contributed by atoms with E-state index in [1.54, 1.807) is 0 Å². The van der Waals surface area contributed by atoms with Crippen LogP contribution >= 0.6 is 0 Å². The first kappa shape index (κ1) is 19.4. The number of carbonyl (C=O) groups excluding carboxylic acids is 3. The standard InChI is InChI=1S/C22H28O6/c1-10(2)14-19(27-11(3)23)17(25)16-18-15-13(20(26)28-18)12(24)6-7-21(15,4)8-9-22(14,16)5/h10,12,14,19,24H,6-9H2,1-5H3/t12-,14-,19-,21+,22+/m0/s1. The fraction of sp³-hybridized carbons (Fsp3) is 0.682. The normalized spacial score (nSPS) is 39.8. The van der Waals surface area contributed by atoms with Gasteiger partial charge in [-0.2, -0.15) is 0 Å². The average molecular weight is 388 g/mol. The molecule has 0 bridgehead atoms. The van der Waals surface area contributed by atoms with E-state index in [-0.39, 0.29) is 23.0 Å². The van der Waals surface area contributed by atoms with Crippen LogP contribution in [0.1, 0.15) is 60.3 Å². The van der Waals surface area contributed by atoms with E-state index >= 15 is 0 Å². The minimum absolute atomic E-state index is 0.0977. The zero-order chi connectivity index (χ0) is 20.6. The molecule has 0 aromatic carbocycles. The van der Waals surface area contributed by atoms with E-state index in [0.29, 0.717) is 28.9 Å². The highest BCUT2D eigenvalue weighted by Gasteiger charge is 2.62. The van der Waals surface area contributed by atoms with Crippen LogP contribution in [0.25, 0.3) is 0 Å². The summed E-state index contributed by atoms with van der Waals surface area (Å²) >= 11 is 0. The third-order valence-corrected chi connectivity index (χ3v) is 7.39. The van der Waals surface area contributed by atoms with E-state index in [4.69, 9.17) is 9.47 Å². The summed E-state index contributed by atoms with van der Waals surface area (Å²) in [6, 6.07) is 0. The van der Waals surface area contributed by atoms with Crippen LogP contribution in [-0.2, 0) is 23.9 Å². The highest BCUT2D eigenvalue weighted by Crippen LogP contribution is 2.62. The molecule has 152 valence electrons. The lowest BCUT2D eigenvalue weighted by Crippen LogP contribution is -2.37. The van der Waals surface area contributed by atoms with Crippen LogP contribution in [0.5, 0.6) is 0 Å². The third kappa shape index (κ3) is 2.39. The molecular weight excluding hydrogens is 360 g/mol. The summed E-state index contributed by atoms with van der Waals surface area (Å²) in [5.74, 6) is -1.08. The van der Waals surface area contributed by atoms with Gasteiger partial charge < -0.3 is 14.6 Å². The zero-order valence-electron chi connectivity index (χ0n) is 17.1. The van der Waals surface area contributed by atoms with Gasteiger partial charge in [-0.3, -0.25) is 9.59 Å². The lowest BCUT2D eigenvalue weighted by Gasteiger charge is -2.38. The molecule has 1 saturated carbocycles. The van der Waals surface area contributed by atoms with Crippen molar-refractivity contribution in [3.63, 3.8) is 0 Å². The van der Waals surface area contributed by atoms with Crippen molar-refractivity contribution in [3.05, 3.63) is 22.5 Å². The van der Waals surface area contributed by atoms with Gasteiger partial charge in [0, 0.05) is 29.4 Å². The molecular formula is C22H28O6. The Hall–Kier alpha value is -1.95. The van der Waals surface area contributed by atoms with Crippen LogP contribution in [0.15, 0.2) is 22.5 Å². The Labute approximate surface area is 165 Å². The maximum atomic E-state index is 13.5. The van der Waals surface area contributed by atoms with Crippen molar-refractivity contribution < 1.29 is 29.0 Å². The molecule has 0 aromatic heterocycles. The number of ether oxygens (including phenoxy) is 2. The molecule has 1 N–H and O–H groups in total. The molecule has 0 aromatic rings. The van der Waals surface area contributed by atoms with E-state index in [2.05, 4.69) is 6.92 Å². The number of carbonyl (C=O) groups is 3. The predicted octanol–water partition coefficient (Wildman–Crippen LogP) is 2.84. The summed E-state index contributed by atoms with van der Waals surface area (Å²) in [5.41, 5.74) is 0.609. The highest BCUT2D eigenvalue weighted by molar-refractivity contribution is 6.07. The van der Waals surface area contributed by atoms with Gasteiger partial charge in [0.2, 0.25) is 5.78 Å². The molecule has 6 nitrogen and oxygen atoms in total. The summed E-state index contributed by atoms with van der Waals surface area (Å²) in [6.07, 6.45) is 1.04. The fourth-order valence-corrected chi connectivity index (χ4v) is 6.15. The van der Waals surface area contributed by atoms with Gasteiger partial charge in [0.05, 0.1) is 11.7 Å². The van der Waals surface area contributed by atoms with Crippen molar-refractivity contribution in [2.24, 2.45) is 22.7 Å². The minimum atomic E-state index is -0.869. The van der Waals surface area contributed by atoms with Gasteiger partial charge >= 0.3 is 11.9 Å². The van der Waals surface area contributed by atoms with Crippen molar-refractivity contribution in [3.8, 4) is 0 Å². The molecule has 0 amide bonds. The maximum absolute atomic E-state index is 13.5. The Morgan fingerprint density at radius 2 is 1.86 bits per heavy atom. The minimum Gasteiger partial charge on any atom is -0.454 e. The quantitative estimate of drug-likeness (QED) is 0.732. The molecule has 28 heavy (non-hydrogen) atoms. The largest absolute Gasteiger partial charge is 0.454 e. The van der Waals surface area contributed by atoms with Crippen LogP contribution in [0, 0.1) is 22.7 Å². The summed E-state index contributed by atoms with van der Waals surface area (Å²) in [7, 11) is 0. The molecule has 3 aliphatic carbocycles. The van der Waals surface area contributed by atoms with E-state index < -0.39 is 29.6 Å². The van der Waals surface area contributed by atoms with E-state index in [9.17, 15) is 19.5 Å². The Bertz CT molecular complexity index is 849. The SMILES string of the molecule is CC(=O)O[C@@H]1C(=O)C2=C3OC(=O)C4=C3[C@](C)(CC[C@@H]4O)CC[C@]2(C)[C@H]1C(C)C. The van der Waals surface area contributed by atoms with Crippen LogP contribution in [0.4, 0.5) is 0 Å². The summed E-state index contributed by atoms with van der Waals surface area (Å²) in [5, 5.41) is 10.5. The molecule has 1 heterocycles. The second-order valence-electron chi connectivity index (χ2n) is 9.58. The Morgan fingerprint density at radius 1 is 1.18 bits per heavy atom. The molecule has 0 spiro atoms. The number of aliphatic hydroxyl groups excluding tert-OH is 1. The zero-order valence-corrected chi connectivity index (χ0v) is 17.1. The number of aliphatic hydroxyl groups is 1. The predicted molar refractivity (Wildman–Crippen MR) is 99.7 cm³/mol. The number of fused-ring (bicyclic) bond motifs is 1. The van der Waals surface area contributed by atoms with Crippen LogP contribution in [0.3, 0.4) is 0 Å². The average Bonchev–Trinajstić information content (AvgIpc) is 3.00. The van der Waals surface area contributed by atoms with Gasteiger partial charge in [0.15, 0.2) is 6.10 Å². The molecule has 0 unspecified atom stereocenters. The Balaban J connectivity index is 1.98. The number of hydrogen-bond donors (Lipinski definition) is 1. The second-order valence-corrected chi connectivity index (χ2v) is 9.58. The van der Waals surface area contributed by atoms with Crippen molar-refractivity contribution in [2.75, 3.05) is 0 Å². The molecule has 4 aliphatic rings. The molecule has 1 aliphatic heterocycles. The van der Waals surface area contributed by atoms with E-state index in [1.165, 1.54) is 6.92 Å². The van der Waals surface area contributed by atoms with Gasteiger partial charge in [0.1, 0.15) is 5.76 Å². The summed E-state index contributed by atoms with van der Waals surface area (Å²) in [6.45, 7) is 9.50. The Morgan fingerprint density at radius 3 is 2.46 bits per heavy atom. The van der Waals surface area contributed by atoms with Crippen LogP contribution in [-0.4, -0.2) is 35.0 Å². The van der Waals surface area contributed by atoms with Gasteiger partial charge in [-0.15, -0.1) is 0 Å². The molecule has 0 saturated heterocycles. The van der Waals surface area contributed by atoms with E-state index in [1.807, 2.05) is 20.8 Å². The Kier molecular flexibility index (Phi) is 4.17. The fourth-order valence-electron chi connectivity index (χ4n) is 6.15. The topological polar surface area (TPSA) is 89.9 Å². The summed E-state index contributed by atoms with van der Waals surface area (Å²) in [4.78, 5) is 37.8. The molecule has 5 atom stereocenters. The number of allylic oxidation sites excluding steroid dienone is 1.